The molecule has 2 aromatic rings. The highest BCUT2D eigenvalue weighted by molar-refractivity contribution is 6.29. The van der Waals surface area contributed by atoms with Crippen LogP contribution in [0.5, 0.6) is 5.88 Å². The van der Waals surface area contributed by atoms with Crippen molar-refractivity contribution in [3.63, 3.8) is 0 Å². The van der Waals surface area contributed by atoms with Crippen LogP contribution in [0.4, 0.5) is 8.78 Å². The Balaban J connectivity index is 2.12. The maximum absolute atomic E-state index is 12.6. The van der Waals surface area contributed by atoms with Crippen LogP contribution in [-0.4, -0.2) is 27.5 Å². The minimum Gasteiger partial charge on any atom is -0.468 e. The third kappa shape index (κ3) is 3.60. The minimum atomic E-state index is -2.54. The van der Waals surface area contributed by atoms with Crippen LogP contribution in [-0.2, 0) is 0 Å². The molecular formula is C13H12ClF2N3O. The van der Waals surface area contributed by atoms with Crippen molar-refractivity contribution < 1.29 is 13.5 Å². The molecule has 0 fully saturated rings. The normalized spacial score (nSPS) is 12.4. The Labute approximate surface area is 119 Å². The first-order valence-corrected chi connectivity index (χ1v) is 6.36. The average Bonchev–Trinajstić information content (AvgIpc) is 2.46. The summed E-state index contributed by atoms with van der Waals surface area (Å²) in [4.78, 5) is 12.0. The number of rotatable bonds is 5. The molecule has 0 saturated carbocycles. The largest absolute Gasteiger partial charge is 0.468 e. The Morgan fingerprint density at radius 3 is 2.45 bits per heavy atom. The van der Waals surface area contributed by atoms with Gasteiger partial charge in [-0.05, 0) is 12.5 Å². The van der Waals surface area contributed by atoms with Gasteiger partial charge in [-0.2, -0.15) is 0 Å². The molecule has 2 rings (SSSR count). The van der Waals surface area contributed by atoms with Gasteiger partial charge in [0, 0.05) is 17.8 Å². The topological polar surface area (TPSA) is 47.9 Å². The van der Waals surface area contributed by atoms with Gasteiger partial charge >= 0.3 is 0 Å². The second-order valence-corrected chi connectivity index (χ2v) is 4.40. The van der Waals surface area contributed by atoms with Gasteiger partial charge in [-0.3, -0.25) is 4.98 Å². The van der Waals surface area contributed by atoms with Gasteiger partial charge < -0.3 is 4.74 Å². The number of halogens is 3. The Hall–Kier alpha value is -1.82. The highest BCUT2D eigenvalue weighted by Crippen LogP contribution is 2.20. The van der Waals surface area contributed by atoms with E-state index in [9.17, 15) is 8.78 Å². The van der Waals surface area contributed by atoms with Gasteiger partial charge in [-0.1, -0.05) is 18.5 Å². The zero-order valence-corrected chi connectivity index (χ0v) is 11.4. The summed E-state index contributed by atoms with van der Waals surface area (Å²) >= 11 is 5.65. The highest BCUT2D eigenvalue weighted by Gasteiger charge is 2.20. The van der Waals surface area contributed by atoms with E-state index in [4.69, 9.17) is 16.3 Å². The van der Waals surface area contributed by atoms with Crippen LogP contribution in [0.25, 0.3) is 11.3 Å². The zero-order valence-electron chi connectivity index (χ0n) is 10.6. The maximum atomic E-state index is 12.6. The van der Waals surface area contributed by atoms with E-state index >= 15 is 0 Å². The van der Waals surface area contributed by atoms with E-state index in [0.717, 1.165) is 0 Å². The molecule has 2 heterocycles. The first-order valence-electron chi connectivity index (χ1n) is 5.99. The molecule has 0 saturated heterocycles. The number of pyridine rings is 1. The maximum Gasteiger partial charge on any atom is 0.274 e. The summed E-state index contributed by atoms with van der Waals surface area (Å²) in [6, 6.07) is 3.20. The lowest BCUT2D eigenvalue weighted by molar-refractivity contribution is 0.00746. The number of hydrogen-bond acceptors (Lipinski definition) is 4. The molecule has 0 aliphatic carbocycles. The second kappa shape index (κ2) is 6.56. The molecule has 0 aromatic carbocycles. The third-order valence-electron chi connectivity index (χ3n) is 2.61. The summed E-state index contributed by atoms with van der Waals surface area (Å²) in [5, 5.41) is 0.296. The van der Waals surface area contributed by atoms with Gasteiger partial charge in [-0.15, -0.1) is 0 Å². The highest BCUT2D eigenvalue weighted by atomic mass is 35.5. The summed E-state index contributed by atoms with van der Waals surface area (Å²) in [5.41, 5.74) is 1.29. The van der Waals surface area contributed by atoms with Crippen molar-refractivity contribution in [1.82, 2.24) is 15.0 Å². The van der Waals surface area contributed by atoms with E-state index < -0.39 is 12.5 Å². The molecule has 2 aromatic heterocycles. The van der Waals surface area contributed by atoms with Crippen LogP contribution in [0.1, 0.15) is 13.3 Å². The van der Waals surface area contributed by atoms with Gasteiger partial charge in [0.1, 0.15) is 5.15 Å². The van der Waals surface area contributed by atoms with E-state index in [2.05, 4.69) is 15.0 Å². The lowest BCUT2D eigenvalue weighted by Gasteiger charge is -2.15. The van der Waals surface area contributed by atoms with Crippen LogP contribution in [0.3, 0.4) is 0 Å². The first-order chi connectivity index (χ1) is 9.60. The smallest absolute Gasteiger partial charge is 0.274 e. The standard InChI is InChI=1S/C13H12ClF2N3O/c1-2-10(13(15)16)20-12-4-3-8(5-19-12)9-6-18-11(14)7-17-9/h3-7,10,13H,2H2,1H3. The fourth-order valence-corrected chi connectivity index (χ4v) is 1.63. The Kier molecular flexibility index (Phi) is 4.79. The average molecular weight is 300 g/mol. The zero-order chi connectivity index (χ0) is 14.5. The molecule has 1 unspecified atom stereocenters. The van der Waals surface area contributed by atoms with Crippen LogP contribution in [0.2, 0.25) is 5.15 Å². The van der Waals surface area contributed by atoms with Gasteiger partial charge in [0.15, 0.2) is 6.10 Å². The first kappa shape index (κ1) is 14.6. The molecule has 0 spiro atoms. The molecule has 0 radical (unpaired) electrons. The fourth-order valence-electron chi connectivity index (χ4n) is 1.53. The Morgan fingerprint density at radius 2 is 1.95 bits per heavy atom. The van der Waals surface area contributed by atoms with Crippen LogP contribution in [0.15, 0.2) is 30.7 Å². The molecule has 20 heavy (non-hydrogen) atoms. The fraction of sp³-hybridized carbons (Fsp3) is 0.308. The minimum absolute atomic E-state index is 0.155. The number of alkyl halides is 2. The SMILES string of the molecule is CCC(Oc1ccc(-c2cnc(Cl)cn2)cn1)C(F)F. The summed E-state index contributed by atoms with van der Waals surface area (Å²) in [7, 11) is 0. The van der Waals surface area contributed by atoms with Crippen molar-refractivity contribution in [2.24, 2.45) is 0 Å². The van der Waals surface area contributed by atoms with Crippen molar-refractivity contribution in [3.8, 4) is 17.1 Å². The van der Waals surface area contributed by atoms with E-state index in [1.165, 1.54) is 24.7 Å². The molecule has 0 aliphatic heterocycles. The van der Waals surface area contributed by atoms with E-state index in [0.29, 0.717) is 16.4 Å². The van der Waals surface area contributed by atoms with Crippen molar-refractivity contribution in [2.45, 2.75) is 25.9 Å². The molecule has 0 bridgehead atoms. The summed E-state index contributed by atoms with van der Waals surface area (Å²) in [6.45, 7) is 1.63. The Bertz CT molecular complexity index is 549. The van der Waals surface area contributed by atoms with E-state index in [1.807, 2.05) is 0 Å². The number of hydrogen-bond donors (Lipinski definition) is 0. The van der Waals surface area contributed by atoms with E-state index in [-0.39, 0.29) is 12.3 Å². The number of ether oxygens (including phenoxy) is 1. The predicted molar refractivity (Wildman–Crippen MR) is 71.0 cm³/mol. The number of nitrogens with zero attached hydrogens (tertiary/aromatic N) is 3. The molecular weight excluding hydrogens is 288 g/mol. The molecule has 1 atom stereocenters. The van der Waals surface area contributed by atoms with E-state index in [1.54, 1.807) is 13.0 Å². The molecule has 106 valence electrons. The van der Waals surface area contributed by atoms with Gasteiger partial charge in [-0.25, -0.2) is 18.7 Å². The van der Waals surface area contributed by atoms with Crippen molar-refractivity contribution in [1.29, 1.82) is 0 Å². The summed E-state index contributed by atoms with van der Waals surface area (Å²) in [6.07, 6.45) is 0.946. The van der Waals surface area contributed by atoms with Crippen LogP contribution in [0, 0.1) is 0 Å². The lowest BCUT2D eigenvalue weighted by Crippen LogP contribution is -2.24. The molecule has 0 amide bonds. The van der Waals surface area contributed by atoms with Crippen LogP contribution < -0.4 is 4.74 Å². The van der Waals surface area contributed by atoms with Crippen molar-refractivity contribution >= 4 is 11.6 Å². The molecule has 0 N–H and O–H groups in total. The second-order valence-electron chi connectivity index (χ2n) is 4.01. The Morgan fingerprint density at radius 1 is 1.15 bits per heavy atom. The van der Waals surface area contributed by atoms with Crippen LogP contribution >= 0.6 is 11.6 Å². The molecule has 0 aliphatic rings. The monoisotopic (exact) mass is 299 g/mol. The van der Waals surface area contributed by atoms with Gasteiger partial charge in [0.25, 0.3) is 6.43 Å². The lowest BCUT2D eigenvalue weighted by atomic mass is 10.2. The van der Waals surface area contributed by atoms with Gasteiger partial charge in [0.05, 0.1) is 18.1 Å². The predicted octanol–water partition coefficient (Wildman–Crippen LogP) is 3.61. The van der Waals surface area contributed by atoms with Crippen molar-refractivity contribution in [3.05, 3.63) is 35.9 Å². The van der Waals surface area contributed by atoms with Gasteiger partial charge in [0.2, 0.25) is 5.88 Å². The number of aromatic nitrogens is 3. The summed E-state index contributed by atoms with van der Waals surface area (Å²) < 4.78 is 30.3. The third-order valence-corrected chi connectivity index (χ3v) is 2.80. The molecule has 4 nitrogen and oxygen atoms in total. The molecule has 7 heteroatoms. The van der Waals surface area contributed by atoms with Crippen molar-refractivity contribution in [2.75, 3.05) is 0 Å². The quantitative estimate of drug-likeness (QED) is 0.846. The summed E-state index contributed by atoms with van der Waals surface area (Å²) in [5.74, 6) is 0.155.